The maximum absolute atomic E-state index is 3.67. The molecule has 0 aromatic carbocycles. The van der Waals surface area contributed by atoms with Crippen LogP contribution in [0.25, 0.3) is 0 Å². The summed E-state index contributed by atoms with van der Waals surface area (Å²) < 4.78 is 0. The van der Waals surface area contributed by atoms with Crippen LogP contribution in [-0.2, 0) is 0 Å². The van der Waals surface area contributed by atoms with E-state index in [-0.39, 0.29) is 9.90 Å². The van der Waals surface area contributed by atoms with Gasteiger partial charge in [-0.05, 0) is 9.90 Å². The lowest BCUT2D eigenvalue weighted by Gasteiger charge is -1.46. The number of imidazole rings is 1. The molecule has 0 fully saturated rings. The first kappa shape index (κ1) is 5.64. The highest BCUT2D eigenvalue weighted by molar-refractivity contribution is 6.92. The van der Waals surface area contributed by atoms with Gasteiger partial charge in [0.25, 0.3) is 0 Å². The van der Waals surface area contributed by atoms with E-state index >= 15 is 0 Å². The Bertz CT molecular complexity index is 65.3. The quantitative estimate of drug-likeness (QED) is 0.467. The summed E-state index contributed by atoms with van der Waals surface area (Å²) in [6.07, 6.45) is 5.08. The van der Waals surface area contributed by atoms with Crippen molar-refractivity contribution in [1.29, 1.82) is 0 Å². The van der Waals surface area contributed by atoms with Crippen LogP contribution in [0.5, 0.6) is 0 Å². The Kier molecular flexibility index (Phi) is 2.68. The van der Waals surface area contributed by atoms with Crippen LogP contribution in [0.2, 0.25) is 0 Å². The molecule has 6 heavy (non-hydrogen) atoms. The molecule has 1 rings (SSSR count). The highest BCUT2D eigenvalue weighted by atomic mass is 31.0. The van der Waals surface area contributed by atoms with Crippen molar-refractivity contribution in [2.24, 2.45) is 0 Å². The van der Waals surface area contributed by atoms with Crippen LogP contribution >= 0.6 is 9.90 Å². The van der Waals surface area contributed by atoms with Gasteiger partial charge in [-0.15, -0.1) is 0 Å². The largest absolute Gasteiger partial charge is 0.351 e. The Labute approximate surface area is 39.6 Å². The molecule has 2 nitrogen and oxygen atoms in total. The van der Waals surface area contributed by atoms with Crippen molar-refractivity contribution in [2.75, 3.05) is 0 Å². The van der Waals surface area contributed by atoms with Crippen molar-refractivity contribution < 1.29 is 0 Å². The van der Waals surface area contributed by atoms with Gasteiger partial charge in [-0.3, -0.25) is 0 Å². The molecule has 1 N–H and O–H groups in total. The Balaban J connectivity index is 0.000000250. The van der Waals surface area contributed by atoms with Crippen molar-refractivity contribution in [3.8, 4) is 0 Å². The van der Waals surface area contributed by atoms with Gasteiger partial charge < -0.3 is 4.98 Å². The number of nitrogens with one attached hydrogen (secondary N) is 1. The van der Waals surface area contributed by atoms with Gasteiger partial charge in [-0.1, -0.05) is 0 Å². The van der Waals surface area contributed by atoms with Crippen LogP contribution in [0, 0.1) is 0 Å². The van der Waals surface area contributed by atoms with Gasteiger partial charge in [0.15, 0.2) is 0 Å². The Morgan fingerprint density at radius 3 is 2.50 bits per heavy atom. The Hall–Kier alpha value is -0.360. The van der Waals surface area contributed by atoms with Gasteiger partial charge in [-0.25, -0.2) is 4.98 Å². The van der Waals surface area contributed by atoms with E-state index in [4.69, 9.17) is 0 Å². The van der Waals surface area contributed by atoms with Crippen LogP contribution in [0.3, 0.4) is 0 Å². The van der Waals surface area contributed by atoms with E-state index in [2.05, 4.69) is 9.97 Å². The van der Waals surface area contributed by atoms with E-state index in [0.717, 1.165) is 0 Å². The van der Waals surface area contributed by atoms with E-state index in [0.29, 0.717) is 0 Å². The predicted octanol–water partition coefficient (Wildman–Crippen LogP) is 0.200. The average Bonchev–Trinajstić information content (AvgIpc) is 1.76. The van der Waals surface area contributed by atoms with Gasteiger partial charge >= 0.3 is 0 Å². The molecule has 1 aromatic heterocycles. The molecule has 0 aliphatic carbocycles. The van der Waals surface area contributed by atoms with Crippen molar-refractivity contribution in [3.05, 3.63) is 18.7 Å². The highest BCUT2D eigenvalue weighted by Crippen LogP contribution is 1.62. The molecule has 0 aliphatic heterocycles. The molecule has 0 radical (unpaired) electrons. The summed E-state index contributed by atoms with van der Waals surface area (Å²) in [5, 5.41) is 0. The molecule has 0 bridgehead atoms. The number of nitrogens with zero attached hydrogens (tertiary/aromatic N) is 1. The minimum absolute atomic E-state index is 0. The van der Waals surface area contributed by atoms with Gasteiger partial charge in [0, 0.05) is 12.4 Å². The number of hydrogen-bond acceptors (Lipinski definition) is 1. The van der Waals surface area contributed by atoms with Crippen LogP contribution in [0.15, 0.2) is 18.7 Å². The predicted molar refractivity (Wildman–Crippen MR) is 31.1 cm³/mol. The summed E-state index contributed by atoms with van der Waals surface area (Å²) in [7, 11) is 0. The summed E-state index contributed by atoms with van der Waals surface area (Å²) in [5.74, 6) is 0. The molecule has 1 unspecified atom stereocenters. The lowest BCUT2D eigenvalue weighted by Crippen LogP contribution is -1.44. The first-order valence-corrected chi connectivity index (χ1v) is 1.43. The maximum atomic E-state index is 3.67. The normalized spacial score (nSPS) is 6.67. The molecular weight excluding hydrogens is 95.0 g/mol. The lowest BCUT2D eigenvalue weighted by atomic mass is 11.0. The molecule has 0 amide bonds. The minimum atomic E-state index is 0. The number of aromatic nitrogens is 2. The third-order valence-electron chi connectivity index (χ3n) is 0.406. The van der Waals surface area contributed by atoms with Crippen molar-refractivity contribution in [2.45, 2.75) is 0 Å². The van der Waals surface area contributed by atoms with E-state index in [1.807, 2.05) is 0 Å². The molecule has 0 aliphatic rings. The molecule has 0 saturated heterocycles. The highest BCUT2D eigenvalue weighted by Gasteiger charge is 1.56. The zero-order chi connectivity index (χ0) is 3.54. The molecule has 34 valence electrons. The Morgan fingerprint density at radius 1 is 1.50 bits per heavy atom. The molecule has 1 aromatic rings. The number of H-pyrrole nitrogens is 1. The molecular formula is C3H8N2P+. The van der Waals surface area contributed by atoms with Crippen molar-refractivity contribution in [1.82, 2.24) is 9.97 Å². The molecule has 1 atom stereocenters. The van der Waals surface area contributed by atoms with Crippen LogP contribution in [-0.4, -0.2) is 9.97 Å². The molecule has 1 heterocycles. The summed E-state index contributed by atoms with van der Waals surface area (Å²) in [6.45, 7) is 0. The summed E-state index contributed by atoms with van der Waals surface area (Å²) >= 11 is 0. The second kappa shape index (κ2) is 2.86. The molecule has 0 spiro atoms. The third kappa shape index (κ3) is 1.18. The third-order valence-corrected chi connectivity index (χ3v) is 0.406. The van der Waals surface area contributed by atoms with E-state index in [1.165, 1.54) is 0 Å². The fourth-order valence-electron chi connectivity index (χ4n) is 0.215. The van der Waals surface area contributed by atoms with Gasteiger partial charge in [0.2, 0.25) is 0 Å². The van der Waals surface area contributed by atoms with Gasteiger partial charge in [-0.2, -0.15) is 0 Å². The molecule has 0 saturated carbocycles. The van der Waals surface area contributed by atoms with Gasteiger partial charge in [0.05, 0.1) is 6.33 Å². The second-order valence-electron chi connectivity index (χ2n) is 0.761. The standard InChI is InChI=1S/C3H4N2.H3P/c1-2-5-3-4-1;/h1-3H,(H,4,5);1H3/p+1. The Morgan fingerprint density at radius 2 is 2.33 bits per heavy atom. The fourth-order valence-corrected chi connectivity index (χ4v) is 0.215. The lowest BCUT2D eigenvalue weighted by molar-refractivity contribution is 1.31. The van der Waals surface area contributed by atoms with E-state index in [9.17, 15) is 0 Å². The smallest absolute Gasteiger partial charge is 0.0919 e. The maximum Gasteiger partial charge on any atom is 0.0919 e. The SMILES string of the molecule is [PH4+].c1c[nH]cn1. The topological polar surface area (TPSA) is 28.7 Å². The van der Waals surface area contributed by atoms with E-state index < -0.39 is 0 Å². The monoisotopic (exact) mass is 103 g/mol. The summed E-state index contributed by atoms with van der Waals surface area (Å²) in [4.78, 5) is 6.42. The number of aromatic amines is 1. The first-order valence-electron chi connectivity index (χ1n) is 1.43. The van der Waals surface area contributed by atoms with Crippen LogP contribution < -0.4 is 0 Å². The van der Waals surface area contributed by atoms with Crippen LogP contribution in [0.1, 0.15) is 0 Å². The van der Waals surface area contributed by atoms with Crippen LogP contribution in [0.4, 0.5) is 0 Å². The second-order valence-corrected chi connectivity index (χ2v) is 0.761. The van der Waals surface area contributed by atoms with Gasteiger partial charge in [0.1, 0.15) is 0 Å². The first-order chi connectivity index (χ1) is 2.50. The molecule has 3 heteroatoms. The van der Waals surface area contributed by atoms with Crippen molar-refractivity contribution in [3.63, 3.8) is 0 Å². The zero-order valence-electron chi connectivity index (χ0n) is 3.68. The number of rotatable bonds is 0. The minimum Gasteiger partial charge on any atom is -0.351 e. The fraction of sp³-hybridized carbons (Fsp3) is 0. The average molecular weight is 103 g/mol. The number of hydrogen-bond donors (Lipinski definition) is 1. The summed E-state index contributed by atoms with van der Waals surface area (Å²) in [5.41, 5.74) is 0. The zero-order valence-corrected chi connectivity index (χ0v) is 5.68. The van der Waals surface area contributed by atoms with Crippen molar-refractivity contribution >= 4 is 9.90 Å². The van der Waals surface area contributed by atoms with E-state index in [1.54, 1.807) is 18.7 Å². The summed E-state index contributed by atoms with van der Waals surface area (Å²) in [6, 6.07) is 0.